The van der Waals surface area contributed by atoms with Crippen LogP contribution in [0.3, 0.4) is 0 Å². The molecule has 0 aliphatic heterocycles. The Balaban J connectivity index is 1.41. The predicted octanol–water partition coefficient (Wildman–Crippen LogP) is 5.63. The zero-order valence-electron chi connectivity index (χ0n) is 17.4. The van der Waals surface area contributed by atoms with Gasteiger partial charge in [0.1, 0.15) is 29.6 Å². The summed E-state index contributed by atoms with van der Waals surface area (Å²) in [5.74, 6) is 3.13. The van der Waals surface area contributed by atoms with Gasteiger partial charge in [0.05, 0.1) is 24.2 Å². The summed E-state index contributed by atoms with van der Waals surface area (Å²) in [6.45, 7) is 2.32. The van der Waals surface area contributed by atoms with Crippen LogP contribution in [-0.2, 0) is 6.61 Å². The van der Waals surface area contributed by atoms with Crippen molar-refractivity contribution in [3.05, 3.63) is 95.0 Å². The summed E-state index contributed by atoms with van der Waals surface area (Å²) < 4.78 is 16.9. The maximum Gasteiger partial charge on any atom is 0.130 e. The van der Waals surface area contributed by atoms with Crippen molar-refractivity contribution >= 4 is 24.3 Å². The summed E-state index contributed by atoms with van der Waals surface area (Å²) in [6.07, 6.45) is 9.47. The SMILES string of the molecule is COc1cc(OCc2ccccn2)ccc1/C=C/c1cc(/C=C/c2ccc(C)o2)[nH]n1. The van der Waals surface area contributed by atoms with E-state index < -0.39 is 0 Å². The number of furan rings is 1. The largest absolute Gasteiger partial charge is 0.496 e. The lowest BCUT2D eigenvalue weighted by Gasteiger charge is -2.09. The molecule has 0 saturated carbocycles. The Bertz CT molecular complexity index is 1190. The van der Waals surface area contributed by atoms with Crippen molar-refractivity contribution in [3.63, 3.8) is 0 Å². The molecule has 0 spiro atoms. The Morgan fingerprint density at radius 2 is 1.94 bits per heavy atom. The number of hydrogen-bond acceptors (Lipinski definition) is 5. The molecule has 6 nitrogen and oxygen atoms in total. The summed E-state index contributed by atoms with van der Waals surface area (Å²) in [7, 11) is 1.64. The van der Waals surface area contributed by atoms with Crippen molar-refractivity contribution in [1.82, 2.24) is 15.2 Å². The number of H-pyrrole nitrogens is 1. The van der Waals surface area contributed by atoms with Gasteiger partial charge in [-0.3, -0.25) is 10.1 Å². The van der Waals surface area contributed by atoms with E-state index >= 15 is 0 Å². The quantitative estimate of drug-likeness (QED) is 0.405. The van der Waals surface area contributed by atoms with Crippen LogP contribution in [0.15, 0.2) is 65.2 Å². The molecule has 4 aromatic rings. The highest BCUT2D eigenvalue weighted by atomic mass is 16.5. The predicted molar refractivity (Wildman–Crippen MR) is 121 cm³/mol. The first kappa shape index (κ1) is 20.2. The Morgan fingerprint density at radius 1 is 1.00 bits per heavy atom. The second kappa shape index (κ2) is 9.63. The van der Waals surface area contributed by atoms with Gasteiger partial charge in [0, 0.05) is 17.8 Å². The molecule has 0 unspecified atom stereocenters. The average molecular weight is 413 g/mol. The van der Waals surface area contributed by atoms with E-state index in [1.807, 2.05) is 85.8 Å². The van der Waals surface area contributed by atoms with Crippen molar-refractivity contribution in [3.8, 4) is 11.5 Å². The van der Waals surface area contributed by atoms with E-state index in [9.17, 15) is 0 Å². The summed E-state index contributed by atoms with van der Waals surface area (Å²) in [5.41, 5.74) is 3.50. The topological polar surface area (TPSA) is 73.2 Å². The van der Waals surface area contributed by atoms with Crippen LogP contribution in [0.1, 0.15) is 34.2 Å². The van der Waals surface area contributed by atoms with Gasteiger partial charge >= 0.3 is 0 Å². The number of aromatic amines is 1. The number of nitrogens with one attached hydrogen (secondary N) is 1. The number of ether oxygens (including phenoxy) is 2. The van der Waals surface area contributed by atoms with Crippen LogP contribution in [0.4, 0.5) is 0 Å². The molecule has 0 aliphatic carbocycles. The fourth-order valence-electron chi connectivity index (χ4n) is 2.97. The number of hydrogen-bond donors (Lipinski definition) is 1. The molecule has 31 heavy (non-hydrogen) atoms. The third-order valence-corrected chi connectivity index (χ3v) is 4.56. The number of pyridine rings is 1. The molecule has 0 radical (unpaired) electrons. The minimum Gasteiger partial charge on any atom is -0.496 e. The highest BCUT2D eigenvalue weighted by Gasteiger charge is 2.05. The zero-order valence-corrected chi connectivity index (χ0v) is 17.4. The molecule has 0 aliphatic rings. The van der Waals surface area contributed by atoms with Crippen LogP contribution < -0.4 is 9.47 Å². The second-order valence-electron chi connectivity index (χ2n) is 6.88. The monoisotopic (exact) mass is 413 g/mol. The standard InChI is InChI=1S/C25H23N3O3/c1-18-6-11-23(31-18)13-10-21-15-20(27-28-21)9-7-19-8-12-24(16-25(19)29-2)30-17-22-5-3-4-14-26-22/h3-16H,17H2,1-2H3,(H,27,28)/b9-7+,13-10+. The van der Waals surface area contributed by atoms with E-state index in [2.05, 4.69) is 15.2 Å². The highest BCUT2D eigenvalue weighted by Crippen LogP contribution is 2.27. The second-order valence-corrected chi connectivity index (χ2v) is 6.88. The molecular formula is C25H23N3O3. The summed E-state index contributed by atoms with van der Waals surface area (Å²) in [4.78, 5) is 4.26. The van der Waals surface area contributed by atoms with E-state index in [0.29, 0.717) is 6.61 Å². The normalized spacial score (nSPS) is 11.4. The molecule has 0 bridgehead atoms. The van der Waals surface area contributed by atoms with Crippen molar-refractivity contribution in [1.29, 1.82) is 0 Å². The molecule has 0 fully saturated rings. The van der Waals surface area contributed by atoms with Gasteiger partial charge in [-0.25, -0.2) is 0 Å². The third-order valence-electron chi connectivity index (χ3n) is 4.56. The van der Waals surface area contributed by atoms with Crippen LogP contribution >= 0.6 is 0 Å². The molecule has 0 saturated heterocycles. The molecular weight excluding hydrogens is 390 g/mol. The summed E-state index contributed by atoms with van der Waals surface area (Å²) in [5, 5.41) is 7.32. The van der Waals surface area contributed by atoms with Gasteiger partial charge in [-0.15, -0.1) is 0 Å². The van der Waals surface area contributed by atoms with Crippen molar-refractivity contribution < 1.29 is 13.9 Å². The van der Waals surface area contributed by atoms with E-state index in [0.717, 1.165) is 45.7 Å². The first-order valence-corrected chi connectivity index (χ1v) is 9.88. The molecule has 3 aromatic heterocycles. The highest BCUT2D eigenvalue weighted by molar-refractivity contribution is 5.73. The Hall–Kier alpha value is -4.06. The van der Waals surface area contributed by atoms with Gasteiger partial charge in [-0.2, -0.15) is 5.10 Å². The van der Waals surface area contributed by atoms with Crippen LogP contribution in [0, 0.1) is 6.92 Å². The van der Waals surface area contributed by atoms with E-state index in [4.69, 9.17) is 13.9 Å². The lowest BCUT2D eigenvalue weighted by molar-refractivity contribution is 0.299. The average Bonchev–Trinajstić information content (AvgIpc) is 3.44. The lowest BCUT2D eigenvalue weighted by atomic mass is 10.1. The van der Waals surface area contributed by atoms with E-state index in [1.54, 1.807) is 13.3 Å². The molecule has 1 aromatic carbocycles. The molecule has 1 N–H and O–H groups in total. The zero-order chi connectivity index (χ0) is 21.5. The summed E-state index contributed by atoms with van der Waals surface area (Å²) in [6, 6.07) is 17.3. The number of aromatic nitrogens is 3. The first-order valence-electron chi connectivity index (χ1n) is 9.88. The molecule has 3 heterocycles. The van der Waals surface area contributed by atoms with Crippen LogP contribution in [0.25, 0.3) is 24.3 Å². The molecule has 4 rings (SSSR count). The minimum absolute atomic E-state index is 0.403. The van der Waals surface area contributed by atoms with Crippen molar-refractivity contribution in [2.45, 2.75) is 13.5 Å². The smallest absolute Gasteiger partial charge is 0.130 e. The molecule has 0 amide bonds. The molecule has 0 atom stereocenters. The maximum atomic E-state index is 5.82. The third kappa shape index (κ3) is 5.51. The van der Waals surface area contributed by atoms with Crippen molar-refractivity contribution in [2.75, 3.05) is 7.11 Å². The van der Waals surface area contributed by atoms with Gasteiger partial charge in [-0.1, -0.05) is 6.07 Å². The fourth-order valence-corrected chi connectivity index (χ4v) is 2.97. The number of methoxy groups -OCH3 is 1. The number of benzene rings is 1. The van der Waals surface area contributed by atoms with Crippen molar-refractivity contribution in [2.24, 2.45) is 0 Å². The molecule has 156 valence electrons. The van der Waals surface area contributed by atoms with Gasteiger partial charge in [0.2, 0.25) is 0 Å². The minimum atomic E-state index is 0.403. The van der Waals surface area contributed by atoms with Gasteiger partial charge < -0.3 is 13.9 Å². The maximum absolute atomic E-state index is 5.82. The van der Waals surface area contributed by atoms with Gasteiger partial charge in [0.15, 0.2) is 0 Å². The number of rotatable bonds is 8. The van der Waals surface area contributed by atoms with Crippen LogP contribution in [0.5, 0.6) is 11.5 Å². The molecule has 6 heteroatoms. The van der Waals surface area contributed by atoms with E-state index in [-0.39, 0.29) is 0 Å². The Labute approximate surface area is 180 Å². The summed E-state index contributed by atoms with van der Waals surface area (Å²) >= 11 is 0. The number of aryl methyl sites for hydroxylation is 1. The Kier molecular flexibility index (Phi) is 6.28. The van der Waals surface area contributed by atoms with Crippen LogP contribution in [-0.4, -0.2) is 22.3 Å². The van der Waals surface area contributed by atoms with Crippen LogP contribution in [0.2, 0.25) is 0 Å². The fraction of sp³-hybridized carbons (Fsp3) is 0.120. The van der Waals surface area contributed by atoms with Gasteiger partial charge in [0.25, 0.3) is 0 Å². The Morgan fingerprint density at radius 3 is 2.71 bits per heavy atom. The number of nitrogens with zero attached hydrogens (tertiary/aromatic N) is 2. The first-order chi connectivity index (χ1) is 15.2. The van der Waals surface area contributed by atoms with E-state index in [1.165, 1.54) is 0 Å². The van der Waals surface area contributed by atoms with Gasteiger partial charge in [-0.05, 0) is 73.7 Å². The lowest BCUT2D eigenvalue weighted by Crippen LogP contribution is -1.98.